The molecule has 4 heteroatoms. The summed E-state index contributed by atoms with van der Waals surface area (Å²) in [6.45, 7) is 4.11. The van der Waals surface area contributed by atoms with Gasteiger partial charge in [-0.15, -0.1) is 0 Å². The normalized spacial score (nSPS) is 19.0. The number of hydrogen-bond acceptors (Lipinski definition) is 3. The Labute approximate surface area is 110 Å². The molecule has 3 nitrogen and oxygen atoms in total. The van der Waals surface area contributed by atoms with Gasteiger partial charge in [0.15, 0.2) is 0 Å². The molecule has 1 aromatic rings. The minimum absolute atomic E-state index is 0.357. The fraction of sp³-hybridized carbons (Fsp3) is 0.538. The highest BCUT2D eigenvalue weighted by Crippen LogP contribution is 2.27. The van der Waals surface area contributed by atoms with E-state index in [1.807, 2.05) is 25.1 Å². The molecule has 17 heavy (non-hydrogen) atoms. The summed E-state index contributed by atoms with van der Waals surface area (Å²) in [6.07, 6.45) is 1.49. The fourth-order valence-electron chi connectivity index (χ4n) is 1.97. The SMILES string of the molecule is Cc1ccc(OCC2(O)CCNCC2)c(Br)c1. The van der Waals surface area contributed by atoms with E-state index in [2.05, 4.69) is 21.2 Å². The van der Waals surface area contributed by atoms with Gasteiger partial charge in [0.05, 0.1) is 4.47 Å². The summed E-state index contributed by atoms with van der Waals surface area (Å²) in [5.74, 6) is 0.794. The molecule has 0 amide bonds. The third-order valence-electron chi connectivity index (χ3n) is 3.12. The Morgan fingerprint density at radius 2 is 2.12 bits per heavy atom. The maximum atomic E-state index is 10.3. The lowest BCUT2D eigenvalue weighted by molar-refractivity contribution is -0.0287. The second-order valence-corrected chi connectivity index (χ2v) is 5.55. The number of ether oxygens (including phenoxy) is 1. The predicted octanol–water partition coefficient (Wildman–Crippen LogP) is 2.25. The molecule has 0 aliphatic carbocycles. The van der Waals surface area contributed by atoms with Crippen LogP contribution in [0.3, 0.4) is 0 Å². The highest BCUT2D eigenvalue weighted by atomic mass is 79.9. The van der Waals surface area contributed by atoms with Crippen LogP contribution >= 0.6 is 15.9 Å². The first-order chi connectivity index (χ1) is 8.09. The van der Waals surface area contributed by atoms with Gasteiger partial charge in [0.25, 0.3) is 0 Å². The molecule has 0 saturated carbocycles. The van der Waals surface area contributed by atoms with Crippen LogP contribution in [0.15, 0.2) is 22.7 Å². The Kier molecular flexibility index (Phi) is 4.07. The lowest BCUT2D eigenvalue weighted by Crippen LogP contribution is -2.46. The van der Waals surface area contributed by atoms with E-state index in [4.69, 9.17) is 4.74 Å². The minimum atomic E-state index is -0.685. The average molecular weight is 300 g/mol. The van der Waals surface area contributed by atoms with Crippen LogP contribution in [0.5, 0.6) is 5.75 Å². The molecule has 94 valence electrons. The van der Waals surface area contributed by atoms with E-state index in [9.17, 15) is 5.11 Å². The maximum Gasteiger partial charge on any atom is 0.133 e. The zero-order valence-electron chi connectivity index (χ0n) is 10.0. The summed E-state index contributed by atoms with van der Waals surface area (Å²) >= 11 is 3.47. The Morgan fingerprint density at radius 1 is 1.41 bits per heavy atom. The molecule has 0 bridgehead atoms. The number of aryl methyl sites for hydroxylation is 1. The quantitative estimate of drug-likeness (QED) is 0.899. The molecule has 0 unspecified atom stereocenters. The summed E-state index contributed by atoms with van der Waals surface area (Å²) < 4.78 is 6.65. The van der Waals surface area contributed by atoms with Gasteiger partial charge in [0.1, 0.15) is 18.0 Å². The first-order valence-corrected chi connectivity index (χ1v) is 6.70. The summed E-state index contributed by atoms with van der Waals surface area (Å²) in [5, 5.41) is 13.5. The van der Waals surface area contributed by atoms with Gasteiger partial charge in [0.2, 0.25) is 0 Å². The smallest absolute Gasteiger partial charge is 0.133 e. The summed E-state index contributed by atoms with van der Waals surface area (Å²) in [7, 11) is 0. The van der Waals surface area contributed by atoms with Crippen LogP contribution in [-0.2, 0) is 0 Å². The van der Waals surface area contributed by atoms with Gasteiger partial charge >= 0.3 is 0 Å². The van der Waals surface area contributed by atoms with Crippen molar-refractivity contribution in [3.05, 3.63) is 28.2 Å². The zero-order chi connectivity index (χ0) is 12.3. The van der Waals surface area contributed by atoms with Gasteiger partial charge in [-0.3, -0.25) is 0 Å². The third kappa shape index (κ3) is 3.44. The molecule has 0 aromatic heterocycles. The van der Waals surface area contributed by atoms with Crippen molar-refractivity contribution in [1.82, 2.24) is 5.32 Å². The van der Waals surface area contributed by atoms with E-state index in [0.29, 0.717) is 6.61 Å². The van der Waals surface area contributed by atoms with Gasteiger partial charge in [-0.25, -0.2) is 0 Å². The highest BCUT2D eigenvalue weighted by Gasteiger charge is 2.30. The van der Waals surface area contributed by atoms with Crippen molar-refractivity contribution in [2.75, 3.05) is 19.7 Å². The molecule has 2 rings (SSSR count). The number of halogens is 1. The number of benzene rings is 1. The Hall–Kier alpha value is -0.580. The fourth-order valence-corrected chi connectivity index (χ4v) is 2.58. The molecule has 1 aliphatic heterocycles. The monoisotopic (exact) mass is 299 g/mol. The summed E-state index contributed by atoms with van der Waals surface area (Å²) in [5.41, 5.74) is 0.500. The van der Waals surface area contributed by atoms with Crippen LogP contribution in [0.2, 0.25) is 0 Å². The van der Waals surface area contributed by atoms with E-state index in [-0.39, 0.29) is 0 Å². The number of aliphatic hydroxyl groups is 1. The number of piperidine rings is 1. The molecule has 1 saturated heterocycles. The molecule has 1 heterocycles. The van der Waals surface area contributed by atoms with Gasteiger partial charge < -0.3 is 15.2 Å². The van der Waals surface area contributed by atoms with E-state index in [0.717, 1.165) is 36.2 Å². The minimum Gasteiger partial charge on any atom is -0.489 e. The van der Waals surface area contributed by atoms with Crippen molar-refractivity contribution in [2.45, 2.75) is 25.4 Å². The Balaban J connectivity index is 1.97. The standard InChI is InChI=1S/C13H18BrNO2/c1-10-2-3-12(11(14)8-10)17-9-13(16)4-6-15-7-5-13/h2-3,8,15-16H,4-7,9H2,1H3. The van der Waals surface area contributed by atoms with Gasteiger partial charge in [0, 0.05) is 0 Å². The summed E-state index contributed by atoms with van der Waals surface area (Å²) in [4.78, 5) is 0. The van der Waals surface area contributed by atoms with Gasteiger partial charge in [-0.2, -0.15) is 0 Å². The average Bonchev–Trinajstić information content (AvgIpc) is 2.29. The Bertz CT molecular complexity index is 389. The van der Waals surface area contributed by atoms with Gasteiger partial charge in [-0.1, -0.05) is 6.07 Å². The Morgan fingerprint density at radius 3 is 2.76 bits per heavy atom. The lowest BCUT2D eigenvalue weighted by atomic mass is 9.93. The molecule has 0 spiro atoms. The predicted molar refractivity (Wildman–Crippen MR) is 71.4 cm³/mol. The molecular formula is C13H18BrNO2. The summed E-state index contributed by atoms with van der Waals surface area (Å²) in [6, 6.07) is 5.96. The van der Waals surface area contributed by atoms with E-state index in [1.165, 1.54) is 5.56 Å². The number of rotatable bonds is 3. The van der Waals surface area contributed by atoms with Gasteiger partial charge in [-0.05, 0) is 66.5 Å². The van der Waals surface area contributed by atoms with Crippen molar-refractivity contribution in [3.63, 3.8) is 0 Å². The van der Waals surface area contributed by atoms with Crippen LogP contribution in [0.4, 0.5) is 0 Å². The van der Waals surface area contributed by atoms with Crippen molar-refractivity contribution in [1.29, 1.82) is 0 Å². The molecule has 1 aliphatic rings. The lowest BCUT2D eigenvalue weighted by Gasteiger charge is -2.32. The number of nitrogens with one attached hydrogen (secondary N) is 1. The van der Waals surface area contributed by atoms with Crippen LogP contribution in [0.25, 0.3) is 0 Å². The second kappa shape index (κ2) is 5.38. The first kappa shape index (κ1) is 12.9. The van der Waals surface area contributed by atoms with E-state index < -0.39 is 5.60 Å². The van der Waals surface area contributed by atoms with E-state index >= 15 is 0 Å². The van der Waals surface area contributed by atoms with Crippen LogP contribution in [-0.4, -0.2) is 30.4 Å². The van der Waals surface area contributed by atoms with Crippen molar-refractivity contribution < 1.29 is 9.84 Å². The van der Waals surface area contributed by atoms with E-state index in [1.54, 1.807) is 0 Å². The first-order valence-electron chi connectivity index (χ1n) is 5.91. The number of hydrogen-bond donors (Lipinski definition) is 2. The third-order valence-corrected chi connectivity index (χ3v) is 3.74. The molecule has 2 N–H and O–H groups in total. The van der Waals surface area contributed by atoms with Crippen molar-refractivity contribution in [2.24, 2.45) is 0 Å². The molecule has 1 fully saturated rings. The molecule has 1 aromatic carbocycles. The zero-order valence-corrected chi connectivity index (χ0v) is 11.6. The second-order valence-electron chi connectivity index (χ2n) is 4.70. The van der Waals surface area contributed by atoms with Crippen LogP contribution in [0.1, 0.15) is 18.4 Å². The van der Waals surface area contributed by atoms with Crippen LogP contribution in [0, 0.1) is 6.92 Å². The topological polar surface area (TPSA) is 41.5 Å². The van der Waals surface area contributed by atoms with Crippen molar-refractivity contribution >= 4 is 15.9 Å². The van der Waals surface area contributed by atoms with Crippen molar-refractivity contribution in [3.8, 4) is 5.75 Å². The van der Waals surface area contributed by atoms with Crippen LogP contribution < -0.4 is 10.1 Å². The highest BCUT2D eigenvalue weighted by molar-refractivity contribution is 9.10. The molecule has 0 radical (unpaired) electrons. The maximum absolute atomic E-state index is 10.3. The largest absolute Gasteiger partial charge is 0.489 e. The molecule has 0 atom stereocenters. The molecular weight excluding hydrogens is 282 g/mol.